The lowest BCUT2D eigenvalue weighted by Crippen LogP contribution is -2.62. The van der Waals surface area contributed by atoms with Gasteiger partial charge in [-0.05, 0) is 25.0 Å². The van der Waals surface area contributed by atoms with Crippen LogP contribution in [-0.2, 0) is 14.2 Å². The zero-order chi connectivity index (χ0) is 23.3. The topological polar surface area (TPSA) is 190 Å². The average molecular weight is 448 g/mol. The number of ether oxygens (including phenoxy) is 3. The van der Waals surface area contributed by atoms with Crippen molar-refractivity contribution >= 4 is 0 Å². The molecule has 2 aliphatic heterocycles. The van der Waals surface area contributed by atoms with Crippen LogP contribution in [0, 0.1) is 13.8 Å². The van der Waals surface area contributed by atoms with E-state index >= 15 is 0 Å². The summed E-state index contributed by atoms with van der Waals surface area (Å²) in [6.07, 6.45) is -12.7. The van der Waals surface area contributed by atoms with Crippen LogP contribution in [0.4, 0.5) is 0 Å². The Morgan fingerprint density at radius 3 is 1.77 bits per heavy atom. The van der Waals surface area contributed by atoms with Crippen LogP contribution in [0.25, 0.3) is 0 Å². The molecule has 178 valence electrons. The van der Waals surface area contributed by atoms with E-state index in [0.29, 0.717) is 0 Å². The van der Waals surface area contributed by atoms with Crippen LogP contribution < -0.4 is 0 Å². The van der Waals surface area contributed by atoms with Crippen molar-refractivity contribution in [2.75, 3.05) is 19.8 Å². The smallest absolute Gasteiger partial charge is 0.224 e. The summed E-state index contributed by atoms with van der Waals surface area (Å²) in [5.74, 6) is -2.22. The highest BCUT2D eigenvalue weighted by Crippen LogP contribution is 2.35. The van der Waals surface area contributed by atoms with Gasteiger partial charge in [0, 0.05) is 0 Å². The van der Waals surface area contributed by atoms with Crippen molar-refractivity contribution in [1.82, 2.24) is 0 Å². The highest BCUT2D eigenvalue weighted by atomic mass is 16.8. The first-order valence-corrected chi connectivity index (χ1v) is 9.88. The maximum absolute atomic E-state index is 10.00. The summed E-state index contributed by atoms with van der Waals surface area (Å²) in [6, 6.07) is 8.36. The van der Waals surface area contributed by atoms with Crippen LogP contribution in [0.5, 0.6) is 0 Å². The number of aliphatic hydroxyl groups is 8. The minimum atomic E-state index is -2.22. The van der Waals surface area contributed by atoms with Gasteiger partial charge in [-0.1, -0.05) is 24.3 Å². The number of rotatable bonds is 5. The minimum absolute atomic E-state index is 0.669. The quantitative estimate of drug-likeness (QED) is 0.228. The molecular formula is C20H32O11. The summed E-state index contributed by atoms with van der Waals surface area (Å²) < 4.78 is 15.4. The molecule has 31 heavy (non-hydrogen) atoms. The molecule has 2 heterocycles. The predicted molar refractivity (Wildman–Crippen MR) is 105 cm³/mol. The van der Waals surface area contributed by atoms with E-state index < -0.39 is 74.6 Å². The minimum Gasteiger partial charge on any atom is -0.394 e. The van der Waals surface area contributed by atoms with E-state index in [1.54, 1.807) is 0 Å². The van der Waals surface area contributed by atoms with Crippen LogP contribution in [0.1, 0.15) is 11.1 Å². The molecule has 0 bridgehead atoms. The van der Waals surface area contributed by atoms with Crippen LogP contribution in [0.2, 0.25) is 0 Å². The third kappa shape index (κ3) is 5.59. The van der Waals surface area contributed by atoms with Gasteiger partial charge in [0.2, 0.25) is 5.79 Å². The third-order valence-electron chi connectivity index (χ3n) is 5.50. The highest BCUT2D eigenvalue weighted by Gasteiger charge is 2.58. The Morgan fingerprint density at radius 1 is 0.806 bits per heavy atom. The van der Waals surface area contributed by atoms with Crippen molar-refractivity contribution in [3.8, 4) is 0 Å². The first-order valence-electron chi connectivity index (χ1n) is 9.88. The van der Waals surface area contributed by atoms with E-state index in [0.717, 1.165) is 0 Å². The first kappa shape index (κ1) is 26.0. The lowest BCUT2D eigenvalue weighted by molar-refractivity contribution is -0.383. The molecule has 2 aliphatic rings. The normalized spacial score (nSPS) is 40.3. The molecule has 0 spiro atoms. The number of benzene rings is 1. The third-order valence-corrected chi connectivity index (χ3v) is 5.50. The SMILES string of the molecule is Cc1ccccc1C.OC[C@H]1O[C@@](CO)(O[C@H]2O[C@H](CO)[C@@H](O)[C@H](O)[C@H]2O)[C@@H](O)[C@@H]1O. The number of hydrogen-bond donors (Lipinski definition) is 8. The fourth-order valence-electron chi connectivity index (χ4n) is 3.29. The van der Waals surface area contributed by atoms with Gasteiger partial charge in [0.15, 0.2) is 6.29 Å². The van der Waals surface area contributed by atoms with Crippen molar-refractivity contribution in [1.29, 1.82) is 0 Å². The molecule has 0 saturated carbocycles. The zero-order valence-corrected chi connectivity index (χ0v) is 17.4. The molecule has 0 amide bonds. The predicted octanol–water partition coefficient (Wildman–Crippen LogP) is -3.09. The number of aryl methyl sites for hydroxylation is 2. The Labute approximate surface area is 179 Å². The molecule has 2 saturated heterocycles. The van der Waals surface area contributed by atoms with Gasteiger partial charge in [-0.15, -0.1) is 0 Å². The summed E-state index contributed by atoms with van der Waals surface area (Å²) in [5.41, 5.74) is 2.74. The first-order chi connectivity index (χ1) is 14.6. The second-order valence-electron chi connectivity index (χ2n) is 7.64. The average Bonchev–Trinajstić information content (AvgIpc) is 3.01. The van der Waals surface area contributed by atoms with Gasteiger partial charge in [0.05, 0.1) is 13.2 Å². The van der Waals surface area contributed by atoms with E-state index in [-0.39, 0.29) is 0 Å². The van der Waals surface area contributed by atoms with E-state index in [9.17, 15) is 30.6 Å². The molecule has 1 aromatic carbocycles. The Kier molecular flexibility index (Phi) is 9.30. The second kappa shape index (κ2) is 11.1. The van der Waals surface area contributed by atoms with E-state index in [4.69, 9.17) is 24.4 Å². The molecule has 2 fully saturated rings. The fraction of sp³-hybridized carbons (Fsp3) is 0.700. The van der Waals surface area contributed by atoms with E-state index in [2.05, 4.69) is 38.1 Å². The Morgan fingerprint density at radius 2 is 1.35 bits per heavy atom. The van der Waals surface area contributed by atoms with Gasteiger partial charge in [-0.25, -0.2) is 0 Å². The second-order valence-corrected chi connectivity index (χ2v) is 7.64. The van der Waals surface area contributed by atoms with Gasteiger partial charge in [-0.2, -0.15) is 0 Å². The molecule has 3 rings (SSSR count). The van der Waals surface area contributed by atoms with Crippen molar-refractivity contribution in [2.45, 2.75) is 68.7 Å². The lowest BCUT2D eigenvalue weighted by atomic mass is 9.99. The van der Waals surface area contributed by atoms with Crippen LogP contribution in [-0.4, -0.2) is 115 Å². The van der Waals surface area contributed by atoms with E-state index in [1.807, 2.05) is 0 Å². The van der Waals surface area contributed by atoms with Crippen molar-refractivity contribution < 1.29 is 55.1 Å². The summed E-state index contributed by atoms with van der Waals surface area (Å²) in [4.78, 5) is 0. The van der Waals surface area contributed by atoms with Crippen LogP contribution in [0.15, 0.2) is 24.3 Å². The van der Waals surface area contributed by atoms with Gasteiger partial charge >= 0.3 is 0 Å². The maximum atomic E-state index is 10.00. The maximum Gasteiger partial charge on any atom is 0.224 e. The number of hydrogen-bond acceptors (Lipinski definition) is 11. The summed E-state index contributed by atoms with van der Waals surface area (Å²) in [7, 11) is 0. The van der Waals surface area contributed by atoms with Gasteiger partial charge in [-0.3, -0.25) is 0 Å². The molecule has 11 nitrogen and oxygen atoms in total. The molecule has 0 unspecified atom stereocenters. The van der Waals surface area contributed by atoms with E-state index in [1.165, 1.54) is 11.1 Å². The van der Waals surface area contributed by atoms with Gasteiger partial charge in [0.1, 0.15) is 49.3 Å². The van der Waals surface area contributed by atoms with Crippen molar-refractivity contribution in [3.05, 3.63) is 35.4 Å². The monoisotopic (exact) mass is 448 g/mol. The lowest BCUT2D eigenvalue weighted by Gasteiger charge is -2.43. The summed E-state index contributed by atoms with van der Waals surface area (Å²) in [6.45, 7) is 1.92. The summed E-state index contributed by atoms with van der Waals surface area (Å²) >= 11 is 0. The van der Waals surface area contributed by atoms with Crippen LogP contribution >= 0.6 is 0 Å². The molecule has 8 N–H and O–H groups in total. The Hall–Kier alpha value is -1.22. The summed E-state index contributed by atoms with van der Waals surface area (Å²) in [5, 5.41) is 76.7. The van der Waals surface area contributed by atoms with Gasteiger partial charge < -0.3 is 55.1 Å². The molecule has 1 aromatic rings. The molecule has 0 aliphatic carbocycles. The zero-order valence-electron chi connectivity index (χ0n) is 17.4. The van der Waals surface area contributed by atoms with Crippen molar-refractivity contribution in [3.63, 3.8) is 0 Å². The molecule has 11 heteroatoms. The van der Waals surface area contributed by atoms with Gasteiger partial charge in [0.25, 0.3) is 0 Å². The van der Waals surface area contributed by atoms with Crippen LogP contribution in [0.3, 0.4) is 0 Å². The standard InChI is InChI=1S/C12H22O11.C8H10/c13-1-4-6(16)8(18)9(19)11(21-4)23-12(3-15)10(20)7(17)5(2-14)22-12;1-7-5-3-4-6-8(7)2/h4-11,13-20H,1-3H2;3-6H,1-2H3/t4-,5-,6-,7-,8+,9-,10+,11-,12+;/m1./s1. The fourth-order valence-corrected chi connectivity index (χ4v) is 3.29. The molecular weight excluding hydrogens is 416 g/mol. The number of aliphatic hydroxyl groups excluding tert-OH is 8. The molecule has 0 aromatic heterocycles. The Balaban J connectivity index is 0.000000357. The Bertz CT molecular complexity index is 666. The molecule has 9 atom stereocenters. The van der Waals surface area contributed by atoms with Crippen molar-refractivity contribution in [2.24, 2.45) is 0 Å². The largest absolute Gasteiger partial charge is 0.394 e. The molecule has 0 radical (unpaired) electrons. The highest BCUT2D eigenvalue weighted by molar-refractivity contribution is 5.23.